The van der Waals surface area contributed by atoms with Crippen molar-refractivity contribution in [1.82, 2.24) is 9.55 Å². The number of hydrogen-bond acceptors (Lipinski definition) is 4. The van der Waals surface area contributed by atoms with E-state index in [1.165, 1.54) is 0 Å². The maximum Gasteiger partial charge on any atom is 0.144 e. The predicted molar refractivity (Wildman–Crippen MR) is 127 cm³/mol. The molecule has 0 saturated carbocycles. The van der Waals surface area contributed by atoms with Crippen LogP contribution in [0.4, 0.5) is 0 Å². The van der Waals surface area contributed by atoms with Crippen molar-refractivity contribution in [2.75, 3.05) is 20.8 Å². The molecule has 0 bridgehead atoms. The van der Waals surface area contributed by atoms with Crippen molar-refractivity contribution >= 4 is 12.2 Å². The van der Waals surface area contributed by atoms with Gasteiger partial charge in [0.1, 0.15) is 29.7 Å². The molecule has 3 rings (SSSR count). The largest absolute Gasteiger partial charge is 0.497 e. The van der Waals surface area contributed by atoms with E-state index in [9.17, 15) is 0 Å². The van der Waals surface area contributed by atoms with Crippen molar-refractivity contribution < 1.29 is 14.2 Å². The summed E-state index contributed by atoms with van der Waals surface area (Å²) in [6, 6.07) is 11.9. The van der Waals surface area contributed by atoms with Crippen LogP contribution in [0.15, 0.2) is 61.4 Å². The van der Waals surface area contributed by atoms with E-state index in [1.807, 2.05) is 48.8 Å². The molecule has 1 heterocycles. The van der Waals surface area contributed by atoms with Crippen LogP contribution in [0.5, 0.6) is 17.2 Å². The third-order valence-corrected chi connectivity index (χ3v) is 4.96. The zero-order chi connectivity index (χ0) is 22.1. The van der Waals surface area contributed by atoms with Crippen LogP contribution in [0.2, 0.25) is 0 Å². The van der Waals surface area contributed by atoms with Gasteiger partial charge in [-0.1, -0.05) is 50.3 Å². The molecule has 0 unspecified atom stereocenters. The van der Waals surface area contributed by atoms with Crippen LogP contribution in [-0.2, 0) is 6.54 Å². The number of rotatable bonds is 11. The lowest BCUT2D eigenvalue weighted by molar-refractivity contribution is 0.363. The van der Waals surface area contributed by atoms with Crippen LogP contribution in [-0.4, -0.2) is 30.4 Å². The highest BCUT2D eigenvalue weighted by molar-refractivity contribution is 5.83. The molecule has 0 atom stereocenters. The molecule has 0 spiro atoms. The van der Waals surface area contributed by atoms with Crippen LogP contribution in [0.25, 0.3) is 23.5 Å². The Morgan fingerprint density at radius 3 is 2.52 bits per heavy atom. The van der Waals surface area contributed by atoms with Crippen molar-refractivity contribution in [2.24, 2.45) is 0 Å². The molecule has 0 aliphatic heterocycles. The Morgan fingerprint density at radius 2 is 1.84 bits per heavy atom. The van der Waals surface area contributed by atoms with Crippen molar-refractivity contribution in [3.8, 4) is 28.6 Å². The highest BCUT2D eigenvalue weighted by Crippen LogP contribution is 2.37. The Hall–Kier alpha value is -3.47. The van der Waals surface area contributed by atoms with Gasteiger partial charge >= 0.3 is 0 Å². The monoisotopic (exact) mass is 418 g/mol. The number of hydrogen-bond donors (Lipinski definition) is 0. The van der Waals surface area contributed by atoms with Crippen molar-refractivity contribution in [3.63, 3.8) is 0 Å². The van der Waals surface area contributed by atoms with Gasteiger partial charge in [0.2, 0.25) is 0 Å². The van der Waals surface area contributed by atoms with Gasteiger partial charge < -0.3 is 18.8 Å². The van der Waals surface area contributed by atoms with Gasteiger partial charge in [-0.15, -0.1) is 0 Å². The third kappa shape index (κ3) is 5.57. The molecule has 2 aromatic carbocycles. The highest BCUT2D eigenvalue weighted by Gasteiger charge is 2.17. The molecule has 0 saturated heterocycles. The molecule has 5 nitrogen and oxygen atoms in total. The first-order chi connectivity index (χ1) is 15.2. The fraction of sp³-hybridized carbons (Fsp3) is 0.269. The molecule has 1 aromatic heterocycles. The Morgan fingerprint density at radius 1 is 1.03 bits per heavy atom. The van der Waals surface area contributed by atoms with Gasteiger partial charge in [-0.25, -0.2) is 4.98 Å². The van der Waals surface area contributed by atoms with E-state index in [2.05, 4.69) is 35.2 Å². The average molecular weight is 419 g/mol. The fourth-order valence-electron chi connectivity index (χ4n) is 3.32. The van der Waals surface area contributed by atoms with E-state index in [0.717, 1.165) is 59.1 Å². The van der Waals surface area contributed by atoms with E-state index >= 15 is 0 Å². The molecule has 0 radical (unpaired) electrons. The summed E-state index contributed by atoms with van der Waals surface area (Å²) in [6.07, 6.45) is 11.9. The Labute approximate surface area is 184 Å². The maximum absolute atomic E-state index is 5.73. The van der Waals surface area contributed by atoms with Crippen LogP contribution in [0, 0.1) is 0 Å². The molecule has 0 amide bonds. The third-order valence-electron chi connectivity index (χ3n) is 4.96. The summed E-state index contributed by atoms with van der Waals surface area (Å²) >= 11 is 0. The molecule has 162 valence electrons. The lowest BCUT2D eigenvalue weighted by Crippen LogP contribution is -2.02. The molecule has 3 aromatic rings. The second-order valence-corrected chi connectivity index (χ2v) is 7.09. The number of unbranched alkanes of at least 4 members (excludes halogenated alkanes) is 1. The van der Waals surface area contributed by atoms with Crippen molar-refractivity contribution in [3.05, 3.63) is 72.6 Å². The molecule has 5 heteroatoms. The van der Waals surface area contributed by atoms with E-state index in [1.54, 1.807) is 20.3 Å². The SMILES string of the molecule is C=CCOc1ccc(C=Cc2cc(OC)cc(OC)c2-c2nccn2CCCC)cc1. The minimum atomic E-state index is 0.493. The molecule has 0 aliphatic carbocycles. The number of aromatic nitrogens is 2. The van der Waals surface area contributed by atoms with Crippen LogP contribution < -0.4 is 14.2 Å². The normalized spacial score (nSPS) is 10.9. The Balaban J connectivity index is 2.00. The Bertz CT molecular complexity index is 1020. The topological polar surface area (TPSA) is 45.5 Å². The first-order valence-corrected chi connectivity index (χ1v) is 10.5. The molecular formula is C26H30N2O3. The first-order valence-electron chi connectivity index (χ1n) is 10.5. The predicted octanol–water partition coefficient (Wildman–Crippen LogP) is 6.10. The smallest absolute Gasteiger partial charge is 0.144 e. The molecular weight excluding hydrogens is 388 g/mol. The number of imidazole rings is 1. The summed E-state index contributed by atoms with van der Waals surface area (Å²) < 4.78 is 19.0. The second kappa shape index (κ2) is 11.1. The lowest BCUT2D eigenvalue weighted by Gasteiger charge is -2.15. The summed E-state index contributed by atoms with van der Waals surface area (Å²) in [4.78, 5) is 4.64. The van der Waals surface area contributed by atoms with Gasteiger partial charge in [-0.3, -0.25) is 0 Å². The average Bonchev–Trinajstić information content (AvgIpc) is 3.27. The molecule has 0 aliphatic rings. The summed E-state index contributed by atoms with van der Waals surface area (Å²) in [7, 11) is 3.33. The van der Waals surface area contributed by atoms with Crippen molar-refractivity contribution in [2.45, 2.75) is 26.3 Å². The zero-order valence-corrected chi connectivity index (χ0v) is 18.5. The maximum atomic E-state index is 5.73. The lowest BCUT2D eigenvalue weighted by atomic mass is 10.0. The van der Waals surface area contributed by atoms with Crippen molar-refractivity contribution in [1.29, 1.82) is 0 Å². The van der Waals surface area contributed by atoms with E-state index in [0.29, 0.717) is 6.61 Å². The van der Waals surface area contributed by atoms with Gasteiger partial charge in [0.25, 0.3) is 0 Å². The van der Waals surface area contributed by atoms with Gasteiger partial charge in [-0.05, 0) is 35.7 Å². The van der Waals surface area contributed by atoms with Crippen LogP contribution in [0.3, 0.4) is 0 Å². The van der Waals surface area contributed by atoms with E-state index in [4.69, 9.17) is 14.2 Å². The van der Waals surface area contributed by atoms with Crippen LogP contribution >= 0.6 is 0 Å². The van der Waals surface area contributed by atoms with Crippen LogP contribution in [0.1, 0.15) is 30.9 Å². The second-order valence-electron chi connectivity index (χ2n) is 7.09. The summed E-state index contributed by atoms with van der Waals surface area (Å²) in [5, 5.41) is 0. The number of nitrogens with zero attached hydrogens (tertiary/aromatic N) is 2. The number of methoxy groups -OCH3 is 2. The summed E-state index contributed by atoms with van der Waals surface area (Å²) in [6.45, 7) is 7.27. The highest BCUT2D eigenvalue weighted by atomic mass is 16.5. The van der Waals surface area contributed by atoms with Gasteiger partial charge in [0.15, 0.2) is 0 Å². The molecule has 0 N–H and O–H groups in total. The van der Waals surface area contributed by atoms with Gasteiger partial charge in [-0.2, -0.15) is 0 Å². The minimum Gasteiger partial charge on any atom is -0.497 e. The van der Waals surface area contributed by atoms with Gasteiger partial charge in [0.05, 0.1) is 19.8 Å². The molecule has 31 heavy (non-hydrogen) atoms. The quantitative estimate of drug-likeness (QED) is 0.279. The van der Waals surface area contributed by atoms with E-state index in [-0.39, 0.29) is 0 Å². The standard InChI is InChI=1S/C26H30N2O3/c1-5-7-15-28-16-14-27-26(28)25-21(18-23(29-3)19-24(25)30-4)11-8-20-9-12-22(13-10-20)31-17-6-2/h6,8-14,16,18-19H,2,5,7,15,17H2,1,3-4H3. The minimum absolute atomic E-state index is 0.493. The zero-order valence-electron chi connectivity index (χ0n) is 18.5. The number of aryl methyl sites for hydroxylation is 1. The van der Waals surface area contributed by atoms with E-state index < -0.39 is 0 Å². The first kappa shape index (κ1) is 22.2. The molecule has 0 fully saturated rings. The Kier molecular flexibility index (Phi) is 7.93. The number of ether oxygens (including phenoxy) is 3. The summed E-state index contributed by atoms with van der Waals surface area (Å²) in [5.74, 6) is 3.18. The van der Waals surface area contributed by atoms with Gasteiger partial charge in [0, 0.05) is 25.0 Å². The summed E-state index contributed by atoms with van der Waals surface area (Å²) in [5.41, 5.74) is 2.99. The number of benzene rings is 2. The fourth-order valence-corrected chi connectivity index (χ4v) is 3.32.